The summed E-state index contributed by atoms with van der Waals surface area (Å²) in [6.07, 6.45) is 3.15. The third-order valence-corrected chi connectivity index (χ3v) is 6.69. The molecule has 1 aliphatic rings. The second-order valence-electron chi connectivity index (χ2n) is 7.48. The minimum absolute atomic E-state index is 0.00686. The maximum atomic E-state index is 12.4. The molecular weight excluding hydrogens is 372 g/mol. The molecule has 0 aliphatic carbocycles. The Bertz CT molecular complexity index is 815. The summed E-state index contributed by atoms with van der Waals surface area (Å²) in [4.78, 5) is 2.48. The summed E-state index contributed by atoms with van der Waals surface area (Å²) in [5, 5.41) is 0. The fraction of sp³-hybridized carbons (Fsp3) is 0.455. The van der Waals surface area contributed by atoms with Crippen LogP contribution in [0.2, 0.25) is 0 Å². The standard InChI is InChI=1S/C22H30N2O3S/c1-27-22-9-7-21(8-10-22)18-28(25,26)23-17-20-12-15-24(16-13-20)14-11-19-5-3-2-4-6-19/h2-10,20,23H,11-18H2,1H3. The van der Waals surface area contributed by atoms with E-state index in [1.807, 2.05) is 6.07 Å². The van der Waals surface area contributed by atoms with E-state index in [2.05, 4.69) is 33.9 Å². The van der Waals surface area contributed by atoms with Gasteiger partial charge in [-0.25, -0.2) is 13.1 Å². The number of sulfonamides is 1. The lowest BCUT2D eigenvalue weighted by Crippen LogP contribution is -2.39. The smallest absolute Gasteiger partial charge is 0.215 e. The van der Waals surface area contributed by atoms with Crippen LogP contribution in [0.1, 0.15) is 24.0 Å². The zero-order valence-electron chi connectivity index (χ0n) is 16.5. The van der Waals surface area contributed by atoms with Crippen LogP contribution in [-0.2, 0) is 22.2 Å². The molecule has 1 fully saturated rings. The van der Waals surface area contributed by atoms with Gasteiger partial charge < -0.3 is 9.64 Å². The van der Waals surface area contributed by atoms with Crippen LogP contribution in [0.25, 0.3) is 0 Å². The Kier molecular flexibility index (Phi) is 7.48. The highest BCUT2D eigenvalue weighted by atomic mass is 32.2. The Balaban J connectivity index is 1.38. The minimum Gasteiger partial charge on any atom is -0.497 e. The molecule has 1 saturated heterocycles. The average molecular weight is 403 g/mol. The van der Waals surface area contributed by atoms with E-state index in [-0.39, 0.29) is 5.75 Å². The molecule has 2 aromatic carbocycles. The first-order valence-corrected chi connectivity index (χ1v) is 11.6. The molecule has 0 spiro atoms. The molecule has 6 heteroatoms. The largest absolute Gasteiger partial charge is 0.497 e. The SMILES string of the molecule is COc1ccc(CS(=O)(=O)NCC2CCN(CCc3ccccc3)CC2)cc1. The number of nitrogens with zero attached hydrogens (tertiary/aromatic N) is 1. The molecule has 1 aliphatic heterocycles. The van der Waals surface area contributed by atoms with Gasteiger partial charge in [0, 0.05) is 13.1 Å². The van der Waals surface area contributed by atoms with E-state index >= 15 is 0 Å². The average Bonchev–Trinajstić information content (AvgIpc) is 2.73. The van der Waals surface area contributed by atoms with E-state index in [9.17, 15) is 8.42 Å². The second-order valence-corrected chi connectivity index (χ2v) is 9.28. The molecule has 0 aromatic heterocycles. The van der Waals surface area contributed by atoms with Gasteiger partial charge >= 0.3 is 0 Å². The molecule has 0 bridgehead atoms. The van der Waals surface area contributed by atoms with Gasteiger partial charge in [-0.2, -0.15) is 0 Å². The second kappa shape index (κ2) is 10.0. The van der Waals surface area contributed by atoms with Gasteiger partial charge in [-0.05, 0) is 61.5 Å². The molecule has 0 amide bonds. The van der Waals surface area contributed by atoms with Crippen LogP contribution in [0.5, 0.6) is 5.75 Å². The molecular formula is C22H30N2O3S. The number of hydrogen-bond acceptors (Lipinski definition) is 4. The molecule has 1 N–H and O–H groups in total. The van der Waals surface area contributed by atoms with E-state index in [1.165, 1.54) is 5.56 Å². The van der Waals surface area contributed by atoms with Gasteiger partial charge in [0.1, 0.15) is 5.75 Å². The van der Waals surface area contributed by atoms with Gasteiger partial charge in [-0.1, -0.05) is 42.5 Å². The van der Waals surface area contributed by atoms with Crippen LogP contribution in [0, 0.1) is 5.92 Å². The summed E-state index contributed by atoms with van der Waals surface area (Å²) in [6, 6.07) is 17.7. The molecule has 0 atom stereocenters. The number of ether oxygens (including phenoxy) is 1. The van der Waals surface area contributed by atoms with Crippen molar-refractivity contribution < 1.29 is 13.2 Å². The van der Waals surface area contributed by atoms with Crippen molar-refractivity contribution in [1.82, 2.24) is 9.62 Å². The highest BCUT2D eigenvalue weighted by Gasteiger charge is 2.21. The van der Waals surface area contributed by atoms with Crippen molar-refractivity contribution in [2.45, 2.75) is 25.0 Å². The third-order valence-electron chi connectivity index (χ3n) is 5.37. The lowest BCUT2D eigenvalue weighted by molar-refractivity contribution is 0.187. The van der Waals surface area contributed by atoms with Crippen LogP contribution < -0.4 is 9.46 Å². The maximum absolute atomic E-state index is 12.4. The maximum Gasteiger partial charge on any atom is 0.215 e. The lowest BCUT2D eigenvalue weighted by atomic mass is 9.97. The first kappa shape index (κ1) is 20.8. The minimum atomic E-state index is -3.32. The van der Waals surface area contributed by atoms with Gasteiger partial charge in [-0.15, -0.1) is 0 Å². The first-order chi connectivity index (χ1) is 13.5. The number of nitrogens with one attached hydrogen (secondary N) is 1. The van der Waals surface area contributed by atoms with Crippen molar-refractivity contribution >= 4 is 10.0 Å². The zero-order valence-corrected chi connectivity index (χ0v) is 17.3. The van der Waals surface area contributed by atoms with Crippen molar-refractivity contribution in [3.8, 4) is 5.75 Å². The van der Waals surface area contributed by atoms with Gasteiger partial charge in [0.2, 0.25) is 10.0 Å². The van der Waals surface area contributed by atoms with Gasteiger partial charge in [-0.3, -0.25) is 0 Å². The molecule has 0 unspecified atom stereocenters. The number of likely N-dealkylation sites (tertiary alicyclic amines) is 1. The Morgan fingerprint density at radius 2 is 1.68 bits per heavy atom. The van der Waals surface area contributed by atoms with Crippen molar-refractivity contribution in [3.63, 3.8) is 0 Å². The summed E-state index contributed by atoms with van der Waals surface area (Å²) in [5.41, 5.74) is 2.14. The first-order valence-electron chi connectivity index (χ1n) is 9.90. The van der Waals surface area contributed by atoms with Crippen molar-refractivity contribution in [3.05, 3.63) is 65.7 Å². The highest BCUT2D eigenvalue weighted by Crippen LogP contribution is 2.18. The van der Waals surface area contributed by atoms with E-state index in [1.54, 1.807) is 31.4 Å². The Hall–Kier alpha value is -1.89. The Morgan fingerprint density at radius 1 is 1.00 bits per heavy atom. The summed E-state index contributed by atoms with van der Waals surface area (Å²) in [6.45, 7) is 3.68. The number of piperidine rings is 1. The van der Waals surface area contributed by atoms with E-state index in [0.29, 0.717) is 12.5 Å². The number of methoxy groups -OCH3 is 1. The predicted octanol–water partition coefficient (Wildman–Crippen LogP) is 3.07. The van der Waals surface area contributed by atoms with Crippen LogP contribution in [0.4, 0.5) is 0 Å². The summed E-state index contributed by atoms with van der Waals surface area (Å²) in [7, 11) is -1.72. The van der Waals surface area contributed by atoms with Gasteiger partial charge in [0.15, 0.2) is 0 Å². The fourth-order valence-corrected chi connectivity index (χ4v) is 4.81. The molecule has 0 radical (unpaired) electrons. The number of hydrogen-bond donors (Lipinski definition) is 1. The van der Waals surface area contributed by atoms with Gasteiger partial charge in [0.25, 0.3) is 0 Å². The summed E-state index contributed by atoms with van der Waals surface area (Å²) < 4.78 is 32.6. The topological polar surface area (TPSA) is 58.6 Å². The molecule has 1 heterocycles. The molecule has 152 valence electrons. The predicted molar refractivity (Wildman–Crippen MR) is 113 cm³/mol. The van der Waals surface area contributed by atoms with Crippen molar-refractivity contribution in [2.24, 2.45) is 5.92 Å². The molecule has 2 aromatic rings. The van der Waals surface area contributed by atoms with Crippen LogP contribution in [0.3, 0.4) is 0 Å². The van der Waals surface area contributed by atoms with E-state index < -0.39 is 10.0 Å². The fourth-order valence-electron chi connectivity index (χ4n) is 3.58. The number of benzene rings is 2. The molecule has 3 rings (SSSR count). The van der Waals surface area contributed by atoms with Gasteiger partial charge in [0.05, 0.1) is 12.9 Å². The quantitative estimate of drug-likeness (QED) is 0.700. The van der Waals surface area contributed by atoms with E-state index in [0.717, 1.165) is 50.2 Å². The zero-order chi connectivity index (χ0) is 19.8. The van der Waals surface area contributed by atoms with Crippen molar-refractivity contribution in [2.75, 3.05) is 33.3 Å². The van der Waals surface area contributed by atoms with Crippen LogP contribution >= 0.6 is 0 Å². The molecule has 28 heavy (non-hydrogen) atoms. The Labute approximate surface area is 168 Å². The summed E-state index contributed by atoms with van der Waals surface area (Å²) >= 11 is 0. The van der Waals surface area contributed by atoms with Crippen LogP contribution in [0.15, 0.2) is 54.6 Å². The van der Waals surface area contributed by atoms with Crippen LogP contribution in [-0.4, -0.2) is 46.6 Å². The molecule has 0 saturated carbocycles. The third kappa shape index (κ3) is 6.62. The highest BCUT2D eigenvalue weighted by molar-refractivity contribution is 7.88. The Morgan fingerprint density at radius 3 is 2.32 bits per heavy atom. The lowest BCUT2D eigenvalue weighted by Gasteiger charge is -2.32. The summed E-state index contributed by atoms with van der Waals surface area (Å²) in [5.74, 6) is 1.15. The van der Waals surface area contributed by atoms with E-state index in [4.69, 9.17) is 4.74 Å². The molecule has 5 nitrogen and oxygen atoms in total. The number of rotatable bonds is 9. The van der Waals surface area contributed by atoms with Crippen molar-refractivity contribution in [1.29, 1.82) is 0 Å². The normalized spacial score (nSPS) is 16.2. The monoisotopic (exact) mass is 402 g/mol.